The molecule has 0 N–H and O–H groups in total. The average Bonchev–Trinajstić information content (AvgIpc) is 2.67. The maximum Gasteiger partial charge on any atom is 0.310 e. The molecule has 8 heteroatoms. The molecule has 2 bridgehead atoms. The summed E-state index contributed by atoms with van der Waals surface area (Å²) in [6, 6.07) is 0. The second-order valence-electron chi connectivity index (χ2n) is 6.65. The van der Waals surface area contributed by atoms with E-state index >= 15 is 0 Å². The first-order chi connectivity index (χ1) is 13.4. The molecular weight excluding hydrogens is 368 g/mol. The van der Waals surface area contributed by atoms with Crippen LogP contribution in [0.5, 0.6) is 0 Å². The molecule has 6 atom stereocenters. The summed E-state index contributed by atoms with van der Waals surface area (Å²) in [6.45, 7) is 7.21. The van der Waals surface area contributed by atoms with Crippen LogP contribution in [-0.2, 0) is 38.1 Å². The molecular formula is C20H28O8. The molecule has 0 amide bonds. The molecule has 0 aromatic rings. The summed E-state index contributed by atoms with van der Waals surface area (Å²) >= 11 is 0. The molecule has 156 valence electrons. The molecule has 0 saturated heterocycles. The largest absolute Gasteiger partial charge is 0.466 e. The summed E-state index contributed by atoms with van der Waals surface area (Å²) in [4.78, 5) is 50.8. The van der Waals surface area contributed by atoms with Gasteiger partial charge >= 0.3 is 23.9 Å². The van der Waals surface area contributed by atoms with Crippen LogP contribution >= 0.6 is 0 Å². The molecule has 2 unspecified atom stereocenters. The molecule has 0 heterocycles. The first-order valence-corrected chi connectivity index (χ1v) is 9.77. The first-order valence-electron chi connectivity index (χ1n) is 9.77. The summed E-state index contributed by atoms with van der Waals surface area (Å²) < 4.78 is 20.7. The summed E-state index contributed by atoms with van der Waals surface area (Å²) in [5.41, 5.74) is 0. The molecule has 0 aromatic heterocycles. The molecule has 3 aliphatic carbocycles. The van der Waals surface area contributed by atoms with Gasteiger partial charge in [0.1, 0.15) is 0 Å². The quantitative estimate of drug-likeness (QED) is 0.345. The number of allylic oxidation sites excluding steroid dienone is 2. The van der Waals surface area contributed by atoms with Crippen molar-refractivity contribution in [3.05, 3.63) is 12.2 Å². The van der Waals surface area contributed by atoms with Crippen molar-refractivity contribution >= 4 is 23.9 Å². The fourth-order valence-corrected chi connectivity index (χ4v) is 4.31. The standard InChI is InChI=1S/C20H28O8/c1-5-25-17(21)13-11-9-10-12(14(13)18(22)26-6-2)16(20(24)28-8-4)15(11)19(23)27-7-3/h9-16H,5-8H2,1-4H3/t11?,12?,13-,14+,15+,16-. The fraction of sp³-hybridized carbons (Fsp3) is 0.700. The number of rotatable bonds is 8. The molecule has 1 saturated carbocycles. The number of carbonyl (C=O) groups excluding carboxylic acids is 4. The normalized spacial score (nSPS) is 30.4. The zero-order valence-electron chi connectivity index (χ0n) is 16.7. The van der Waals surface area contributed by atoms with Crippen molar-refractivity contribution in [2.45, 2.75) is 27.7 Å². The molecule has 3 rings (SSSR count). The number of esters is 4. The van der Waals surface area contributed by atoms with Crippen LogP contribution in [-0.4, -0.2) is 50.3 Å². The molecule has 8 nitrogen and oxygen atoms in total. The Morgan fingerprint density at radius 2 is 0.750 bits per heavy atom. The lowest BCUT2D eigenvalue weighted by atomic mass is 9.53. The number of hydrogen-bond donors (Lipinski definition) is 0. The lowest BCUT2D eigenvalue weighted by Gasteiger charge is -2.49. The van der Waals surface area contributed by atoms with Crippen LogP contribution in [0.3, 0.4) is 0 Å². The van der Waals surface area contributed by atoms with Gasteiger partial charge in [0, 0.05) is 11.8 Å². The SMILES string of the molecule is CCOC(=O)[C@@H]1C2C=CC([C@@H](C(=O)OCC)[C@H]2C(=O)OCC)[C@@H]1C(=O)OCC. The van der Waals surface area contributed by atoms with E-state index in [0.717, 1.165) is 0 Å². The fourth-order valence-electron chi connectivity index (χ4n) is 4.31. The van der Waals surface area contributed by atoms with E-state index in [-0.39, 0.29) is 26.4 Å². The van der Waals surface area contributed by atoms with Crippen molar-refractivity contribution < 1.29 is 38.1 Å². The highest BCUT2D eigenvalue weighted by molar-refractivity contribution is 5.90. The number of fused-ring (bicyclic) bond motifs is 2. The third-order valence-corrected chi connectivity index (χ3v) is 5.22. The van der Waals surface area contributed by atoms with Gasteiger partial charge in [0.25, 0.3) is 0 Å². The third-order valence-electron chi connectivity index (χ3n) is 5.22. The minimum absolute atomic E-state index is 0.136. The van der Waals surface area contributed by atoms with Gasteiger partial charge in [0.2, 0.25) is 0 Å². The summed E-state index contributed by atoms with van der Waals surface area (Å²) in [5.74, 6) is -7.47. The Hall–Kier alpha value is -2.38. The Kier molecular flexibility index (Phi) is 7.60. The van der Waals surface area contributed by atoms with Crippen molar-refractivity contribution in [2.75, 3.05) is 26.4 Å². The van der Waals surface area contributed by atoms with Crippen LogP contribution in [0.1, 0.15) is 27.7 Å². The van der Waals surface area contributed by atoms with Crippen molar-refractivity contribution in [3.8, 4) is 0 Å². The van der Waals surface area contributed by atoms with Gasteiger partial charge < -0.3 is 18.9 Å². The molecule has 0 aromatic carbocycles. The molecule has 3 aliphatic rings. The molecule has 0 spiro atoms. The van der Waals surface area contributed by atoms with E-state index < -0.39 is 59.4 Å². The number of carbonyl (C=O) groups is 4. The summed E-state index contributed by atoms with van der Waals surface area (Å²) in [5, 5.41) is 0. The van der Waals surface area contributed by atoms with Gasteiger partial charge in [-0.05, 0) is 27.7 Å². The molecule has 0 radical (unpaired) electrons. The first kappa shape index (κ1) is 21.9. The van der Waals surface area contributed by atoms with Crippen molar-refractivity contribution in [3.63, 3.8) is 0 Å². The van der Waals surface area contributed by atoms with Crippen LogP contribution in [0.15, 0.2) is 12.2 Å². The van der Waals surface area contributed by atoms with E-state index in [1.807, 2.05) is 0 Å². The predicted molar refractivity (Wildman–Crippen MR) is 96.6 cm³/mol. The van der Waals surface area contributed by atoms with Gasteiger partial charge in [-0.25, -0.2) is 0 Å². The molecule has 1 fully saturated rings. The van der Waals surface area contributed by atoms with Gasteiger partial charge in [-0.15, -0.1) is 0 Å². The van der Waals surface area contributed by atoms with E-state index in [9.17, 15) is 19.2 Å². The summed E-state index contributed by atoms with van der Waals surface area (Å²) in [7, 11) is 0. The maximum atomic E-state index is 12.7. The van der Waals surface area contributed by atoms with E-state index in [0.29, 0.717) is 0 Å². The number of hydrogen-bond acceptors (Lipinski definition) is 8. The highest BCUT2D eigenvalue weighted by Crippen LogP contribution is 2.53. The lowest BCUT2D eigenvalue weighted by Crippen LogP contribution is -2.58. The maximum absolute atomic E-state index is 12.7. The Bertz CT molecular complexity index is 538. The third kappa shape index (κ3) is 4.05. The predicted octanol–water partition coefficient (Wildman–Crippen LogP) is 1.52. The Morgan fingerprint density at radius 3 is 0.929 bits per heavy atom. The monoisotopic (exact) mass is 396 g/mol. The van der Waals surface area contributed by atoms with Gasteiger partial charge in [-0.1, -0.05) is 12.2 Å². The highest BCUT2D eigenvalue weighted by Gasteiger charge is 2.62. The van der Waals surface area contributed by atoms with E-state index in [1.54, 1.807) is 39.8 Å². The van der Waals surface area contributed by atoms with Gasteiger partial charge in [-0.2, -0.15) is 0 Å². The second kappa shape index (κ2) is 9.71. The molecule has 28 heavy (non-hydrogen) atoms. The minimum Gasteiger partial charge on any atom is -0.466 e. The van der Waals surface area contributed by atoms with Crippen molar-refractivity contribution in [1.82, 2.24) is 0 Å². The van der Waals surface area contributed by atoms with Crippen LogP contribution < -0.4 is 0 Å². The number of ether oxygens (including phenoxy) is 4. The smallest absolute Gasteiger partial charge is 0.310 e. The van der Waals surface area contributed by atoms with Crippen LogP contribution in [0.4, 0.5) is 0 Å². The molecule has 0 aliphatic heterocycles. The zero-order valence-corrected chi connectivity index (χ0v) is 16.7. The lowest BCUT2D eigenvalue weighted by molar-refractivity contribution is -0.185. The topological polar surface area (TPSA) is 105 Å². The summed E-state index contributed by atoms with van der Waals surface area (Å²) in [6.07, 6.45) is 3.42. The van der Waals surface area contributed by atoms with Crippen molar-refractivity contribution in [1.29, 1.82) is 0 Å². The van der Waals surface area contributed by atoms with E-state index in [1.165, 1.54) is 0 Å². The van der Waals surface area contributed by atoms with Crippen molar-refractivity contribution in [2.24, 2.45) is 35.5 Å². The van der Waals surface area contributed by atoms with Crippen LogP contribution in [0, 0.1) is 35.5 Å². The zero-order chi connectivity index (χ0) is 20.8. The Labute approximate surface area is 164 Å². The Morgan fingerprint density at radius 1 is 0.536 bits per heavy atom. The van der Waals surface area contributed by atoms with Gasteiger partial charge in [0.15, 0.2) is 0 Å². The van der Waals surface area contributed by atoms with E-state index in [4.69, 9.17) is 18.9 Å². The van der Waals surface area contributed by atoms with Crippen LogP contribution in [0.2, 0.25) is 0 Å². The average molecular weight is 396 g/mol. The second-order valence-corrected chi connectivity index (χ2v) is 6.65. The highest BCUT2D eigenvalue weighted by atomic mass is 16.5. The van der Waals surface area contributed by atoms with Crippen LogP contribution in [0.25, 0.3) is 0 Å². The Balaban J connectivity index is 2.52. The minimum atomic E-state index is -0.922. The van der Waals surface area contributed by atoms with E-state index in [2.05, 4.69) is 0 Å². The van der Waals surface area contributed by atoms with Gasteiger partial charge in [0.05, 0.1) is 50.1 Å². The van der Waals surface area contributed by atoms with Gasteiger partial charge in [-0.3, -0.25) is 19.2 Å².